The quantitative estimate of drug-likeness (QED) is 0.717. The number of carbonyl (C=O) groups excluding carboxylic acids is 1. The van der Waals surface area contributed by atoms with E-state index < -0.39 is 10.0 Å². The summed E-state index contributed by atoms with van der Waals surface area (Å²) in [7, 11) is -3.72. The predicted octanol–water partition coefficient (Wildman–Crippen LogP) is 0.924. The molecule has 0 N–H and O–H groups in total. The Kier molecular flexibility index (Phi) is 5.76. The van der Waals surface area contributed by atoms with E-state index in [9.17, 15) is 13.2 Å². The number of para-hydroxylation sites is 1. The molecule has 10 heteroatoms. The second-order valence-electron chi connectivity index (χ2n) is 6.15. The third-order valence-corrected chi connectivity index (χ3v) is 5.36. The van der Waals surface area contributed by atoms with Gasteiger partial charge in [-0.1, -0.05) is 24.2 Å². The monoisotopic (exact) mass is 394 g/mol. The van der Waals surface area contributed by atoms with E-state index in [4.69, 9.17) is 9.26 Å². The molecule has 2 aromatic rings. The maximum Gasteiger partial charge on any atom is 0.260 e. The first-order chi connectivity index (χ1) is 12.9. The number of hydrogen-bond acceptors (Lipinski definition) is 7. The summed E-state index contributed by atoms with van der Waals surface area (Å²) in [4.78, 5) is 18.5. The standard InChI is InChI=1S/C17H22N4O5S/c1-3-15-18-17(26-19-15)13-6-4-5-7-14(13)21(27(2,23)24)12-16(22)20-8-10-25-11-9-20/h4-7H,3,8-12H2,1-2H3. The Labute approximate surface area is 158 Å². The summed E-state index contributed by atoms with van der Waals surface area (Å²) < 4.78 is 36.5. The lowest BCUT2D eigenvalue weighted by Gasteiger charge is -2.30. The number of benzene rings is 1. The second kappa shape index (κ2) is 8.05. The first-order valence-electron chi connectivity index (χ1n) is 8.65. The molecule has 0 atom stereocenters. The maximum absolute atomic E-state index is 12.6. The molecule has 0 radical (unpaired) electrons. The zero-order valence-electron chi connectivity index (χ0n) is 15.3. The van der Waals surface area contributed by atoms with Gasteiger partial charge in [0.15, 0.2) is 5.82 Å². The summed E-state index contributed by atoms with van der Waals surface area (Å²) in [5.74, 6) is 0.461. The lowest BCUT2D eigenvalue weighted by Crippen LogP contribution is -2.47. The summed E-state index contributed by atoms with van der Waals surface area (Å²) in [6.07, 6.45) is 1.67. The van der Waals surface area contributed by atoms with Crippen LogP contribution in [-0.2, 0) is 26.0 Å². The van der Waals surface area contributed by atoms with Crippen LogP contribution in [-0.4, -0.2) is 68.5 Å². The highest BCUT2D eigenvalue weighted by molar-refractivity contribution is 7.92. The van der Waals surface area contributed by atoms with Gasteiger partial charge in [0.2, 0.25) is 15.9 Å². The minimum absolute atomic E-state index is 0.218. The third kappa shape index (κ3) is 4.45. The molecule has 0 aliphatic carbocycles. The predicted molar refractivity (Wildman–Crippen MR) is 98.7 cm³/mol. The Hall–Kier alpha value is -2.46. The minimum atomic E-state index is -3.72. The van der Waals surface area contributed by atoms with Gasteiger partial charge in [-0.05, 0) is 12.1 Å². The number of aryl methyl sites for hydroxylation is 1. The van der Waals surface area contributed by atoms with Crippen LogP contribution in [0.3, 0.4) is 0 Å². The first kappa shape index (κ1) is 19.3. The van der Waals surface area contributed by atoms with E-state index >= 15 is 0 Å². The molecule has 1 amide bonds. The summed E-state index contributed by atoms with van der Waals surface area (Å²) >= 11 is 0. The van der Waals surface area contributed by atoms with E-state index in [2.05, 4.69) is 10.1 Å². The molecule has 0 bridgehead atoms. The van der Waals surface area contributed by atoms with Crippen LogP contribution in [0.1, 0.15) is 12.7 Å². The van der Waals surface area contributed by atoms with Crippen molar-refractivity contribution in [1.29, 1.82) is 0 Å². The van der Waals surface area contributed by atoms with Crippen LogP contribution >= 0.6 is 0 Å². The molecule has 1 aliphatic rings. The fraction of sp³-hybridized carbons (Fsp3) is 0.471. The number of amides is 1. The lowest BCUT2D eigenvalue weighted by atomic mass is 10.1. The van der Waals surface area contributed by atoms with Gasteiger partial charge in [0.05, 0.1) is 30.7 Å². The number of ether oxygens (including phenoxy) is 1. The molecule has 1 aliphatic heterocycles. The maximum atomic E-state index is 12.6. The zero-order valence-corrected chi connectivity index (χ0v) is 16.1. The van der Waals surface area contributed by atoms with E-state index in [-0.39, 0.29) is 18.3 Å². The van der Waals surface area contributed by atoms with Crippen molar-refractivity contribution in [3.8, 4) is 11.5 Å². The van der Waals surface area contributed by atoms with Gasteiger partial charge in [0.1, 0.15) is 6.54 Å². The molecule has 2 heterocycles. The number of carbonyl (C=O) groups is 1. The molecule has 1 aromatic heterocycles. The molecule has 1 aromatic carbocycles. The van der Waals surface area contributed by atoms with Gasteiger partial charge < -0.3 is 14.2 Å². The van der Waals surface area contributed by atoms with Crippen molar-refractivity contribution in [2.24, 2.45) is 0 Å². The van der Waals surface area contributed by atoms with Gasteiger partial charge in [0, 0.05) is 19.5 Å². The van der Waals surface area contributed by atoms with Crippen LogP contribution in [0.4, 0.5) is 5.69 Å². The molecule has 146 valence electrons. The average Bonchev–Trinajstić information content (AvgIpc) is 3.15. The van der Waals surface area contributed by atoms with E-state index in [1.165, 1.54) is 0 Å². The smallest absolute Gasteiger partial charge is 0.260 e. The number of anilines is 1. The number of morpholine rings is 1. The van der Waals surface area contributed by atoms with E-state index in [0.29, 0.717) is 49.8 Å². The number of hydrogen-bond donors (Lipinski definition) is 0. The lowest BCUT2D eigenvalue weighted by molar-refractivity contribution is -0.133. The van der Waals surface area contributed by atoms with Crippen LogP contribution < -0.4 is 4.31 Å². The minimum Gasteiger partial charge on any atom is -0.378 e. The molecule has 1 fully saturated rings. The number of sulfonamides is 1. The van der Waals surface area contributed by atoms with Gasteiger partial charge in [-0.3, -0.25) is 9.10 Å². The Morgan fingerprint density at radius 3 is 2.59 bits per heavy atom. The van der Waals surface area contributed by atoms with E-state index in [1.807, 2.05) is 6.92 Å². The van der Waals surface area contributed by atoms with Gasteiger partial charge in [0.25, 0.3) is 5.89 Å². The normalized spacial score (nSPS) is 15.0. The Balaban J connectivity index is 1.95. The molecular weight excluding hydrogens is 372 g/mol. The first-order valence-corrected chi connectivity index (χ1v) is 10.5. The van der Waals surface area contributed by atoms with Gasteiger partial charge in [-0.25, -0.2) is 8.42 Å². The summed E-state index contributed by atoms with van der Waals surface area (Å²) in [6.45, 7) is 3.38. The number of aromatic nitrogens is 2. The largest absolute Gasteiger partial charge is 0.378 e. The topological polar surface area (TPSA) is 106 Å². The Morgan fingerprint density at radius 2 is 1.96 bits per heavy atom. The summed E-state index contributed by atoms with van der Waals surface area (Å²) in [5.41, 5.74) is 0.790. The van der Waals surface area contributed by atoms with Crippen molar-refractivity contribution < 1.29 is 22.5 Å². The van der Waals surface area contributed by atoms with Crippen molar-refractivity contribution in [2.45, 2.75) is 13.3 Å². The molecule has 0 unspecified atom stereocenters. The Bertz CT molecular complexity index is 906. The molecule has 27 heavy (non-hydrogen) atoms. The molecule has 9 nitrogen and oxygen atoms in total. The number of nitrogens with zero attached hydrogens (tertiary/aromatic N) is 4. The molecule has 0 spiro atoms. The van der Waals surface area contributed by atoms with Crippen LogP contribution in [0.5, 0.6) is 0 Å². The second-order valence-corrected chi connectivity index (χ2v) is 8.06. The summed E-state index contributed by atoms with van der Waals surface area (Å²) in [5, 5.41) is 3.86. The molecule has 0 saturated carbocycles. The fourth-order valence-electron chi connectivity index (χ4n) is 2.80. The fourth-order valence-corrected chi connectivity index (χ4v) is 3.66. The highest BCUT2D eigenvalue weighted by atomic mass is 32.2. The van der Waals surface area contributed by atoms with Crippen LogP contribution in [0.2, 0.25) is 0 Å². The van der Waals surface area contributed by atoms with Crippen LogP contribution in [0.25, 0.3) is 11.5 Å². The van der Waals surface area contributed by atoms with E-state index in [1.54, 1.807) is 29.2 Å². The van der Waals surface area contributed by atoms with Crippen LogP contribution in [0, 0.1) is 0 Å². The average molecular weight is 394 g/mol. The zero-order chi connectivity index (χ0) is 19.4. The summed E-state index contributed by atoms with van der Waals surface area (Å²) in [6, 6.07) is 6.77. The molecule has 3 rings (SSSR count). The van der Waals surface area contributed by atoms with Crippen molar-refractivity contribution in [1.82, 2.24) is 15.0 Å². The van der Waals surface area contributed by atoms with Crippen molar-refractivity contribution >= 4 is 21.6 Å². The van der Waals surface area contributed by atoms with Gasteiger partial charge in [-0.2, -0.15) is 4.98 Å². The van der Waals surface area contributed by atoms with Crippen LogP contribution in [0.15, 0.2) is 28.8 Å². The van der Waals surface area contributed by atoms with Crippen molar-refractivity contribution in [2.75, 3.05) is 43.4 Å². The SMILES string of the molecule is CCc1noc(-c2ccccc2N(CC(=O)N2CCOCC2)S(C)(=O)=O)n1. The van der Waals surface area contributed by atoms with Crippen molar-refractivity contribution in [3.05, 3.63) is 30.1 Å². The van der Waals surface area contributed by atoms with Crippen molar-refractivity contribution in [3.63, 3.8) is 0 Å². The van der Waals surface area contributed by atoms with Gasteiger partial charge in [-0.15, -0.1) is 0 Å². The highest BCUT2D eigenvalue weighted by Crippen LogP contribution is 2.31. The van der Waals surface area contributed by atoms with E-state index in [0.717, 1.165) is 10.6 Å². The van der Waals surface area contributed by atoms with Gasteiger partial charge >= 0.3 is 0 Å². The third-order valence-electron chi connectivity index (χ3n) is 4.23. The highest BCUT2D eigenvalue weighted by Gasteiger charge is 2.28. The molecular formula is C17H22N4O5S. The number of rotatable bonds is 6. The molecule has 1 saturated heterocycles. The Morgan fingerprint density at radius 1 is 1.26 bits per heavy atom.